The zero-order valence-electron chi connectivity index (χ0n) is 13.8. The SMILES string of the molecule is C1=C\CC/C=C\CC/1.F[B-](F)(F)F.O=C(c1ccc[nH]1)n1cccn1.[Rh]. The van der Waals surface area contributed by atoms with Gasteiger partial charge < -0.3 is 22.2 Å². The summed E-state index contributed by atoms with van der Waals surface area (Å²) in [5, 5.41) is 3.82. The van der Waals surface area contributed by atoms with Crippen LogP contribution in [0.25, 0.3) is 0 Å². The van der Waals surface area contributed by atoms with Gasteiger partial charge in [-0.25, -0.2) is 4.68 Å². The summed E-state index contributed by atoms with van der Waals surface area (Å²) in [6, 6.07) is 5.20. The summed E-state index contributed by atoms with van der Waals surface area (Å²) in [5.41, 5.74) is 0.540. The van der Waals surface area contributed by atoms with Crippen molar-refractivity contribution in [2.75, 3.05) is 0 Å². The number of H-pyrrole nitrogens is 1. The van der Waals surface area contributed by atoms with Crippen molar-refractivity contribution < 1.29 is 41.5 Å². The molecule has 3 rings (SSSR count). The van der Waals surface area contributed by atoms with E-state index in [4.69, 9.17) is 0 Å². The molecule has 0 saturated carbocycles. The topological polar surface area (TPSA) is 50.7 Å². The quantitative estimate of drug-likeness (QED) is 0.376. The zero-order chi connectivity index (χ0) is 18.5. The number of hydrogen-bond acceptors (Lipinski definition) is 2. The second-order valence-corrected chi connectivity index (χ2v) is 4.93. The van der Waals surface area contributed by atoms with Crippen LogP contribution in [0.2, 0.25) is 0 Å². The fourth-order valence-corrected chi connectivity index (χ4v) is 1.83. The fourth-order valence-electron chi connectivity index (χ4n) is 1.83. The van der Waals surface area contributed by atoms with Gasteiger partial charge in [0.1, 0.15) is 5.69 Å². The van der Waals surface area contributed by atoms with E-state index in [1.807, 2.05) is 0 Å². The number of nitrogens with zero attached hydrogens (tertiary/aromatic N) is 2. The monoisotopic (exact) mass is 459 g/mol. The Bertz CT molecular complexity index is 587. The number of halogens is 4. The van der Waals surface area contributed by atoms with E-state index in [1.165, 1.54) is 30.4 Å². The molecule has 0 saturated heterocycles. The Labute approximate surface area is 162 Å². The molecule has 1 N–H and O–H groups in total. The Kier molecular flexibility index (Phi) is 12.3. The molecule has 2 heterocycles. The van der Waals surface area contributed by atoms with Crippen molar-refractivity contribution in [2.24, 2.45) is 0 Å². The Morgan fingerprint density at radius 3 is 1.85 bits per heavy atom. The largest absolute Gasteiger partial charge is 0.673 e. The van der Waals surface area contributed by atoms with Gasteiger partial charge in [-0.05, 0) is 43.9 Å². The molecular formula is C16H19BF4N3ORh-. The van der Waals surface area contributed by atoms with Crippen LogP contribution in [0.4, 0.5) is 17.3 Å². The second-order valence-electron chi connectivity index (χ2n) is 4.93. The van der Waals surface area contributed by atoms with Gasteiger partial charge in [0, 0.05) is 38.1 Å². The van der Waals surface area contributed by atoms with Gasteiger partial charge in [-0.3, -0.25) is 4.79 Å². The zero-order valence-corrected chi connectivity index (χ0v) is 15.5. The van der Waals surface area contributed by atoms with Gasteiger partial charge in [0.25, 0.3) is 5.91 Å². The summed E-state index contributed by atoms with van der Waals surface area (Å²) in [6.45, 7) is 0. The molecule has 0 unspecified atom stereocenters. The van der Waals surface area contributed by atoms with E-state index in [9.17, 15) is 22.1 Å². The molecule has 0 aliphatic heterocycles. The van der Waals surface area contributed by atoms with Gasteiger partial charge in [-0.15, -0.1) is 0 Å². The van der Waals surface area contributed by atoms with Crippen molar-refractivity contribution >= 4 is 13.2 Å². The van der Waals surface area contributed by atoms with Crippen molar-refractivity contribution in [3.05, 3.63) is 66.8 Å². The Balaban J connectivity index is 0.000000391. The van der Waals surface area contributed by atoms with Crippen molar-refractivity contribution in [2.45, 2.75) is 25.7 Å². The number of aromatic amines is 1. The van der Waals surface area contributed by atoms with Gasteiger partial charge in [0.15, 0.2) is 0 Å². The van der Waals surface area contributed by atoms with E-state index < -0.39 is 7.25 Å². The summed E-state index contributed by atoms with van der Waals surface area (Å²) < 4.78 is 40.3. The van der Waals surface area contributed by atoms with Crippen molar-refractivity contribution in [1.29, 1.82) is 0 Å². The van der Waals surface area contributed by atoms with E-state index in [0.29, 0.717) is 5.69 Å². The van der Waals surface area contributed by atoms with Crippen LogP contribution in [-0.2, 0) is 19.5 Å². The van der Waals surface area contributed by atoms with Crippen molar-refractivity contribution in [1.82, 2.24) is 14.8 Å². The number of nitrogens with one attached hydrogen (secondary N) is 1. The minimum Gasteiger partial charge on any atom is -0.418 e. The molecule has 1 aliphatic carbocycles. The predicted octanol–water partition coefficient (Wildman–Crippen LogP) is 4.87. The van der Waals surface area contributed by atoms with Gasteiger partial charge in [0.2, 0.25) is 0 Å². The normalized spacial score (nSPS) is 15.5. The Morgan fingerprint density at radius 1 is 1.00 bits per heavy atom. The molecule has 0 bridgehead atoms. The standard InChI is InChI=1S/C8H7N3O.C8H12.BF4.Rh/c12-8(7-3-1-4-9-7)11-6-2-5-10-11;1-2-4-6-8-7-5-3-1;2-1(3,4)5;/h1-6,9H;1-2,7-8H,3-6H2;;/q;;-1;/b;2-1-,8-7-;;. The number of aromatic nitrogens is 3. The number of hydrogen-bond donors (Lipinski definition) is 1. The first-order chi connectivity index (χ1) is 11.9. The summed E-state index contributed by atoms with van der Waals surface area (Å²) in [4.78, 5) is 14.3. The van der Waals surface area contributed by atoms with Crippen LogP contribution in [-0.4, -0.2) is 27.9 Å². The second kappa shape index (κ2) is 13.3. The van der Waals surface area contributed by atoms with Gasteiger partial charge in [0.05, 0.1) is 0 Å². The van der Waals surface area contributed by atoms with E-state index >= 15 is 0 Å². The van der Waals surface area contributed by atoms with E-state index in [2.05, 4.69) is 34.4 Å². The Morgan fingerprint density at radius 2 is 1.50 bits per heavy atom. The smallest absolute Gasteiger partial charge is 0.418 e. The first-order valence-corrected chi connectivity index (χ1v) is 7.73. The van der Waals surface area contributed by atoms with Crippen LogP contribution in [0.15, 0.2) is 61.1 Å². The third kappa shape index (κ3) is 12.4. The summed E-state index contributed by atoms with van der Waals surface area (Å²) in [6.07, 6.45) is 18.9. The third-order valence-electron chi connectivity index (χ3n) is 2.87. The number of allylic oxidation sites excluding steroid dienone is 4. The van der Waals surface area contributed by atoms with Crippen LogP contribution in [0.1, 0.15) is 36.2 Å². The van der Waals surface area contributed by atoms with Crippen LogP contribution in [0.3, 0.4) is 0 Å². The molecule has 10 heteroatoms. The van der Waals surface area contributed by atoms with Crippen molar-refractivity contribution in [3.8, 4) is 0 Å². The Hall–Kier alpha value is -1.95. The minimum absolute atomic E-state index is 0. The molecule has 4 nitrogen and oxygen atoms in total. The molecule has 1 radical (unpaired) electrons. The summed E-state index contributed by atoms with van der Waals surface area (Å²) >= 11 is 0. The average Bonchev–Trinajstić information content (AvgIpc) is 3.19. The number of rotatable bonds is 1. The first-order valence-electron chi connectivity index (χ1n) is 7.73. The molecular weight excluding hydrogens is 440 g/mol. The molecule has 0 spiro atoms. The number of carbonyl (C=O) groups is 1. The maximum atomic E-state index is 11.4. The predicted molar refractivity (Wildman–Crippen MR) is 89.7 cm³/mol. The van der Waals surface area contributed by atoms with E-state index in [0.717, 1.165) is 0 Å². The first kappa shape index (κ1) is 24.0. The summed E-state index contributed by atoms with van der Waals surface area (Å²) in [5.74, 6) is -0.148. The van der Waals surface area contributed by atoms with Crippen LogP contribution in [0, 0.1) is 0 Å². The van der Waals surface area contributed by atoms with Crippen LogP contribution >= 0.6 is 0 Å². The molecule has 1 aliphatic rings. The molecule has 0 fully saturated rings. The summed E-state index contributed by atoms with van der Waals surface area (Å²) in [7, 11) is -6.00. The number of carbonyl (C=O) groups excluding carboxylic acids is 1. The van der Waals surface area contributed by atoms with Gasteiger partial charge in [-0.1, -0.05) is 24.3 Å². The van der Waals surface area contributed by atoms with E-state index in [1.54, 1.807) is 36.8 Å². The molecule has 145 valence electrons. The average molecular weight is 459 g/mol. The molecule has 26 heavy (non-hydrogen) atoms. The van der Waals surface area contributed by atoms with Crippen molar-refractivity contribution in [3.63, 3.8) is 0 Å². The molecule has 0 aromatic carbocycles. The van der Waals surface area contributed by atoms with Crippen LogP contribution in [0.5, 0.6) is 0 Å². The maximum Gasteiger partial charge on any atom is 0.673 e. The van der Waals surface area contributed by atoms with E-state index in [-0.39, 0.29) is 25.4 Å². The third-order valence-corrected chi connectivity index (χ3v) is 2.87. The minimum atomic E-state index is -6.00. The van der Waals surface area contributed by atoms with Crippen LogP contribution < -0.4 is 0 Å². The molecule has 0 atom stereocenters. The molecule has 0 amide bonds. The fraction of sp³-hybridized carbons (Fsp3) is 0.250. The molecule has 2 aromatic heterocycles. The van der Waals surface area contributed by atoms with Gasteiger partial charge >= 0.3 is 7.25 Å². The maximum absolute atomic E-state index is 11.4. The molecule has 2 aromatic rings. The van der Waals surface area contributed by atoms with Gasteiger partial charge in [-0.2, -0.15) is 5.10 Å².